The highest BCUT2D eigenvalue weighted by molar-refractivity contribution is 14.1. The Morgan fingerprint density at radius 3 is 2.50 bits per heavy atom. The van der Waals surface area contributed by atoms with Crippen molar-refractivity contribution in [2.45, 2.75) is 12.8 Å². The number of rotatable bonds is 2. The third-order valence-corrected chi connectivity index (χ3v) is 1.44. The van der Waals surface area contributed by atoms with E-state index in [1.54, 1.807) is 0 Å². The van der Waals surface area contributed by atoms with Gasteiger partial charge in [0, 0.05) is 34.3 Å². The smallest absolute Gasteiger partial charge is 0.0928 e. The third kappa shape index (κ3) is 10.5. The van der Waals surface area contributed by atoms with Gasteiger partial charge >= 0.3 is 23.1 Å². The first-order chi connectivity index (χ1) is 3.41. The van der Waals surface area contributed by atoms with Crippen LogP contribution in [-0.4, -0.2) is 28.4 Å². The van der Waals surface area contributed by atoms with Gasteiger partial charge in [-0.1, -0.05) is 21.9 Å². The predicted molar refractivity (Wildman–Crippen MR) is 53.4 cm³/mol. The molecule has 0 aromatic carbocycles. The highest BCUT2D eigenvalue weighted by atomic mass is 127. The Bertz CT molecular complexity index is 84.2. The Kier molecular flexibility index (Phi) is 17.4. The highest BCUT2D eigenvalue weighted by Crippen LogP contribution is 1.91. The first-order valence-corrected chi connectivity index (χ1v) is 4.26. The molecule has 0 saturated carbocycles. The van der Waals surface area contributed by atoms with Crippen molar-refractivity contribution in [3.63, 3.8) is 0 Å². The van der Waals surface area contributed by atoms with Crippen LogP contribution in [0.5, 0.6) is 0 Å². The van der Waals surface area contributed by atoms with Gasteiger partial charge in [-0.25, -0.2) is 0 Å². The van der Waals surface area contributed by atoms with Crippen LogP contribution >= 0.6 is 38.5 Å². The molecule has 0 radical (unpaired) electrons. The molecule has 0 nitrogen and oxygen atoms in total. The molecule has 3 heteroatoms. The van der Waals surface area contributed by atoms with Crippen LogP contribution in [0.2, 0.25) is 0 Å². The summed E-state index contributed by atoms with van der Waals surface area (Å²) in [7, 11) is 0. The second kappa shape index (κ2) is 11.3. The van der Waals surface area contributed by atoms with Gasteiger partial charge < -0.3 is 0 Å². The van der Waals surface area contributed by atoms with E-state index in [-0.39, 0.29) is 23.1 Å². The summed E-state index contributed by atoms with van der Waals surface area (Å²) in [5, 5.41) is 1.07. The molecule has 0 rings (SSSR count). The second-order valence-corrected chi connectivity index (χ2v) is 2.40. The van der Waals surface area contributed by atoms with E-state index in [9.17, 15) is 0 Å². The molecule has 0 saturated heterocycles. The second-order valence-electron chi connectivity index (χ2n) is 1.06. The molecular formula is C5H8BrIMg. The van der Waals surface area contributed by atoms with Gasteiger partial charge in [0.1, 0.15) is 0 Å². The number of unbranched alkanes of at least 4 members (excludes halogenated alkanes) is 1. The number of halogens is 2. The molecule has 0 unspecified atom stereocenters. The number of hydrogen-bond donors (Lipinski definition) is 0. The lowest BCUT2D eigenvalue weighted by Gasteiger charge is -1.78. The van der Waals surface area contributed by atoms with Gasteiger partial charge in [0.25, 0.3) is 0 Å². The van der Waals surface area contributed by atoms with Crippen molar-refractivity contribution in [2.75, 3.05) is 5.33 Å². The largest absolute Gasteiger partial charge is 0.316 e. The van der Waals surface area contributed by atoms with Crippen molar-refractivity contribution in [1.29, 1.82) is 0 Å². The van der Waals surface area contributed by atoms with Crippen molar-refractivity contribution in [2.24, 2.45) is 0 Å². The number of hydrogen-bond acceptors (Lipinski definition) is 0. The maximum Gasteiger partial charge on any atom is 0.316 e. The van der Waals surface area contributed by atoms with E-state index in [0.29, 0.717) is 0 Å². The van der Waals surface area contributed by atoms with Crippen LogP contribution in [0.3, 0.4) is 0 Å². The summed E-state index contributed by atoms with van der Waals surface area (Å²) >= 11 is 5.36. The SMILES string of the molecule is BrCCCC#CI.[MgH2]. The maximum atomic E-state index is 3.31. The lowest BCUT2D eigenvalue weighted by molar-refractivity contribution is 1.01. The summed E-state index contributed by atoms with van der Waals surface area (Å²) in [6, 6.07) is 0. The monoisotopic (exact) mass is 298 g/mol. The molecule has 0 aliphatic rings. The van der Waals surface area contributed by atoms with Crippen LogP contribution in [0.4, 0.5) is 0 Å². The van der Waals surface area contributed by atoms with Crippen LogP contribution < -0.4 is 0 Å². The van der Waals surface area contributed by atoms with Crippen molar-refractivity contribution in [3.05, 3.63) is 0 Å². The fourth-order valence-electron chi connectivity index (χ4n) is 0.202. The van der Waals surface area contributed by atoms with E-state index in [1.165, 1.54) is 0 Å². The Morgan fingerprint density at radius 2 is 2.12 bits per heavy atom. The van der Waals surface area contributed by atoms with Gasteiger partial charge in [-0.15, -0.1) is 0 Å². The molecule has 0 heterocycles. The molecule has 8 heavy (non-hydrogen) atoms. The average molecular weight is 299 g/mol. The van der Waals surface area contributed by atoms with Crippen LogP contribution in [0.25, 0.3) is 0 Å². The van der Waals surface area contributed by atoms with Crippen LogP contribution in [0.1, 0.15) is 12.8 Å². The van der Waals surface area contributed by atoms with Gasteiger partial charge in [0.05, 0.1) is 0 Å². The van der Waals surface area contributed by atoms with E-state index in [0.717, 1.165) is 18.2 Å². The molecule has 0 N–H and O–H groups in total. The quantitative estimate of drug-likeness (QED) is 0.239. The highest BCUT2D eigenvalue weighted by Gasteiger charge is 1.74. The standard InChI is InChI=1S/C5H6BrI.Mg.2H/c6-4-2-1-3-5-7;;;/h1-2,4H2;;;. The first kappa shape index (κ1) is 12.2. The third-order valence-electron chi connectivity index (χ3n) is 0.502. The zero-order chi connectivity index (χ0) is 5.54. The van der Waals surface area contributed by atoms with Crippen molar-refractivity contribution >= 4 is 61.6 Å². The molecule has 0 bridgehead atoms. The van der Waals surface area contributed by atoms with Gasteiger partial charge in [0.2, 0.25) is 0 Å². The first-order valence-electron chi connectivity index (χ1n) is 2.06. The van der Waals surface area contributed by atoms with Gasteiger partial charge in [-0.2, -0.15) is 0 Å². The van der Waals surface area contributed by atoms with E-state index in [4.69, 9.17) is 0 Å². The minimum atomic E-state index is 0. The maximum absolute atomic E-state index is 3.31. The molecule has 0 spiro atoms. The summed E-state index contributed by atoms with van der Waals surface area (Å²) in [6.07, 6.45) is 2.18. The Balaban J connectivity index is 0. The topological polar surface area (TPSA) is 0 Å². The lowest BCUT2D eigenvalue weighted by Crippen LogP contribution is -1.68. The predicted octanol–water partition coefficient (Wildman–Crippen LogP) is 1.64. The number of alkyl halides is 1. The van der Waals surface area contributed by atoms with Crippen molar-refractivity contribution in [3.8, 4) is 9.85 Å². The van der Waals surface area contributed by atoms with Crippen LogP contribution in [0, 0.1) is 9.85 Å². The molecular weight excluding hydrogens is 291 g/mol. The van der Waals surface area contributed by atoms with E-state index >= 15 is 0 Å². The van der Waals surface area contributed by atoms with Gasteiger partial charge in [0.15, 0.2) is 0 Å². The van der Waals surface area contributed by atoms with Gasteiger partial charge in [-0.05, 0) is 10.3 Å². The normalized spacial score (nSPS) is 6.25. The summed E-state index contributed by atoms with van der Waals surface area (Å²) in [4.78, 5) is 0. The fourth-order valence-corrected chi connectivity index (χ4v) is 0.753. The minimum Gasteiger partial charge on any atom is -0.0928 e. The molecule has 0 amide bonds. The molecule has 0 aliphatic carbocycles. The van der Waals surface area contributed by atoms with Crippen LogP contribution in [0.15, 0.2) is 0 Å². The van der Waals surface area contributed by atoms with E-state index in [2.05, 4.69) is 48.4 Å². The zero-order valence-corrected chi connectivity index (χ0v) is 7.62. The van der Waals surface area contributed by atoms with Crippen molar-refractivity contribution in [1.82, 2.24) is 0 Å². The summed E-state index contributed by atoms with van der Waals surface area (Å²) in [5.41, 5.74) is 0. The summed E-state index contributed by atoms with van der Waals surface area (Å²) in [5.74, 6) is 2.96. The molecule has 0 aromatic heterocycles. The average Bonchev–Trinajstić information content (AvgIpc) is 1.69. The Hall–Kier alpha value is 1.54. The van der Waals surface area contributed by atoms with E-state index < -0.39 is 0 Å². The zero-order valence-electron chi connectivity index (χ0n) is 3.88. The molecule has 0 aromatic rings. The molecule has 0 aliphatic heterocycles. The van der Waals surface area contributed by atoms with Gasteiger partial charge in [-0.3, -0.25) is 0 Å². The summed E-state index contributed by atoms with van der Waals surface area (Å²) < 4.78 is 2.80. The minimum absolute atomic E-state index is 0. The van der Waals surface area contributed by atoms with E-state index in [1.807, 2.05) is 0 Å². The molecule has 44 valence electrons. The summed E-state index contributed by atoms with van der Waals surface area (Å²) in [6.45, 7) is 0. The Labute approximate surface area is 88.6 Å². The molecule has 0 fully saturated rings. The van der Waals surface area contributed by atoms with Crippen molar-refractivity contribution < 1.29 is 0 Å². The fraction of sp³-hybridized carbons (Fsp3) is 0.600. The molecule has 0 atom stereocenters. The van der Waals surface area contributed by atoms with Crippen LogP contribution in [-0.2, 0) is 0 Å². The Morgan fingerprint density at radius 1 is 1.50 bits per heavy atom. The lowest BCUT2D eigenvalue weighted by atomic mass is 10.4.